The maximum atomic E-state index is 13.2. The minimum atomic E-state index is -3.80. The summed E-state index contributed by atoms with van der Waals surface area (Å²) in [5.41, 5.74) is 0.553. The monoisotopic (exact) mass is 369 g/mol. The van der Waals surface area contributed by atoms with Crippen LogP contribution in [0.25, 0.3) is 10.8 Å². The zero-order chi connectivity index (χ0) is 18.6. The van der Waals surface area contributed by atoms with Gasteiger partial charge in [-0.3, -0.25) is 9.10 Å². The quantitative estimate of drug-likeness (QED) is 0.685. The number of hydrogen-bond acceptors (Lipinski definition) is 3. The molecule has 0 bridgehead atoms. The maximum absolute atomic E-state index is 13.2. The van der Waals surface area contributed by atoms with Gasteiger partial charge in [-0.2, -0.15) is 0 Å². The van der Waals surface area contributed by atoms with E-state index in [1.807, 2.05) is 36.4 Å². The predicted molar refractivity (Wildman–Crippen MR) is 102 cm³/mol. The number of carbonyl (C=O) groups is 1. The fourth-order valence-electron chi connectivity index (χ4n) is 2.89. The van der Waals surface area contributed by atoms with Crippen LogP contribution in [0.3, 0.4) is 0 Å². The van der Waals surface area contributed by atoms with Gasteiger partial charge in [-0.1, -0.05) is 54.6 Å². The predicted octanol–water partition coefficient (Wildman–Crippen LogP) is 3.90. The van der Waals surface area contributed by atoms with Gasteiger partial charge in [0.05, 0.1) is 10.6 Å². The van der Waals surface area contributed by atoms with Gasteiger partial charge in [0.2, 0.25) is 0 Å². The Morgan fingerprint density at radius 1 is 0.885 bits per heavy atom. The second-order valence-corrected chi connectivity index (χ2v) is 7.75. The molecule has 134 valence electrons. The van der Waals surface area contributed by atoms with Gasteiger partial charge in [0.25, 0.3) is 10.0 Å². The molecule has 0 unspecified atom stereocenters. The molecule has 0 saturated carbocycles. The van der Waals surface area contributed by atoms with Crippen molar-refractivity contribution in [2.45, 2.75) is 17.7 Å². The second-order valence-electron chi connectivity index (χ2n) is 5.89. The molecule has 3 rings (SSSR count). The van der Waals surface area contributed by atoms with Gasteiger partial charge in [-0.05, 0) is 30.0 Å². The van der Waals surface area contributed by atoms with Crippen molar-refractivity contribution in [2.75, 3.05) is 10.8 Å². The van der Waals surface area contributed by atoms with Gasteiger partial charge >= 0.3 is 5.97 Å². The largest absolute Gasteiger partial charge is 0.481 e. The molecule has 26 heavy (non-hydrogen) atoms. The minimum Gasteiger partial charge on any atom is -0.481 e. The topological polar surface area (TPSA) is 74.7 Å². The first-order valence-corrected chi connectivity index (χ1v) is 9.71. The van der Waals surface area contributed by atoms with Crippen molar-refractivity contribution in [2.24, 2.45) is 0 Å². The van der Waals surface area contributed by atoms with Gasteiger partial charge in [-0.15, -0.1) is 0 Å². The number of sulfonamides is 1. The third-order valence-electron chi connectivity index (χ3n) is 4.12. The number of hydrogen-bond donors (Lipinski definition) is 1. The Morgan fingerprint density at radius 2 is 1.54 bits per heavy atom. The average molecular weight is 369 g/mol. The summed E-state index contributed by atoms with van der Waals surface area (Å²) in [5.74, 6) is -0.944. The van der Waals surface area contributed by atoms with E-state index in [4.69, 9.17) is 5.11 Å². The number of aliphatic carboxylic acids is 1. The van der Waals surface area contributed by atoms with Crippen molar-refractivity contribution in [3.8, 4) is 0 Å². The standard InChI is InChI=1S/C20H19NO4S/c22-20(23)14-7-15-21(26(24,25)17-10-2-1-3-11-17)19-13-6-9-16-8-4-5-12-18(16)19/h1-6,8-13H,7,14-15H2,(H,22,23). The summed E-state index contributed by atoms with van der Waals surface area (Å²) in [6, 6.07) is 21.2. The van der Waals surface area contributed by atoms with Gasteiger partial charge in [0.1, 0.15) is 0 Å². The highest BCUT2D eigenvalue weighted by atomic mass is 32.2. The number of carboxylic acids is 1. The number of rotatable bonds is 7. The van der Waals surface area contributed by atoms with Crippen molar-refractivity contribution in [1.29, 1.82) is 0 Å². The lowest BCUT2D eigenvalue weighted by atomic mass is 10.1. The molecule has 0 radical (unpaired) electrons. The zero-order valence-electron chi connectivity index (χ0n) is 14.1. The summed E-state index contributed by atoms with van der Waals surface area (Å²) in [5, 5.41) is 10.7. The summed E-state index contributed by atoms with van der Waals surface area (Å²) in [6.07, 6.45) is 0.135. The Morgan fingerprint density at radius 3 is 2.27 bits per heavy atom. The Labute approximate surface area is 152 Å². The number of benzene rings is 3. The molecule has 3 aromatic carbocycles. The van der Waals surface area contributed by atoms with E-state index >= 15 is 0 Å². The number of anilines is 1. The number of fused-ring (bicyclic) bond motifs is 1. The summed E-state index contributed by atoms with van der Waals surface area (Å²) in [6.45, 7) is 0.0948. The lowest BCUT2D eigenvalue weighted by molar-refractivity contribution is -0.137. The van der Waals surface area contributed by atoms with Crippen LogP contribution in [0.5, 0.6) is 0 Å². The fourth-order valence-corrected chi connectivity index (χ4v) is 4.43. The lowest BCUT2D eigenvalue weighted by Gasteiger charge is -2.25. The molecule has 6 heteroatoms. The van der Waals surface area contributed by atoms with E-state index in [0.29, 0.717) is 5.69 Å². The van der Waals surface area contributed by atoms with Crippen LogP contribution in [0.4, 0.5) is 5.69 Å². The summed E-state index contributed by atoms with van der Waals surface area (Å²) in [7, 11) is -3.80. The van der Waals surface area contributed by atoms with Crippen LogP contribution in [0.1, 0.15) is 12.8 Å². The van der Waals surface area contributed by atoms with Crippen LogP contribution < -0.4 is 4.31 Å². The number of carboxylic acid groups (broad SMARTS) is 1. The summed E-state index contributed by atoms with van der Waals surface area (Å²) < 4.78 is 27.8. The Bertz CT molecular complexity index is 1010. The molecule has 3 aromatic rings. The molecular formula is C20H19NO4S. The Hall–Kier alpha value is -2.86. The van der Waals surface area contributed by atoms with Crippen LogP contribution in [-0.2, 0) is 14.8 Å². The lowest BCUT2D eigenvalue weighted by Crippen LogP contribution is -2.32. The SMILES string of the molecule is O=C(O)CCCN(c1cccc2ccccc12)S(=O)(=O)c1ccccc1. The van der Waals surface area contributed by atoms with E-state index in [2.05, 4.69) is 0 Å². The van der Waals surface area contributed by atoms with Crippen LogP contribution in [0.15, 0.2) is 77.7 Å². The average Bonchev–Trinajstić information content (AvgIpc) is 2.65. The third-order valence-corrected chi connectivity index (χ3v) is 5.95. The molecule has 0 saturated heterocycles. The normalized spacial score (nSPS) is 11.4. The van der Waals surface area contributed by atoms with Gasteiger partial charge in [0.15, 0.2) is 0 Å². The smallest absolute Gasteiger partial charge is 0.303 e. The van der Waals surface area contributed by atoms with E-state index in [1.54, 1.807) is 36.4 Å². The van der Waals surface area contributed by atoms with Crippen molar-refractivity contribution in [3.05, 3.63) is 72.8 Å². The van der Waals surface area contributed by atoms with Crippen LogP contribution in [-0.4, -0.2) is 26.0 Å². The van der Waals surface area contributed by atoms with Crippen molar-refractivity contribution in [3.63, 3.8) is 0 Å². The van der Waals surface area contributed by atoms with Gasteiger partial charge < -0.3 is 5.11 Å². The highest BCUT2D eigenvalue weighted by Crippen LogP contribution is 2.31. The van der Waals surface area contributed by atoms with Crippen LogP contribution in [0.2, 0.25) is 0 Å². The first-order chi connectivity index (χ1) is 12.5. The van der Waals surface area contributed by atoms with Gasteiger partial charge in [-0.25, -0.2) is 8.42 Å². The van der Waals surface area contributed by atoms with E-state index in [9.17, 15) is 13.2 Å². The highest BCUT2D eigenvalue weighted by molar-refractivity contribution is 7.92. The Balaban J connectivity index is 2.10. The molecule has 1 N–H and O–H groups in total. The summed E-state index contributed by atoms with van der Waals surface area (Å²) in [4.78, 5) is 11.1. The first-order valence-electron chi connectivity index (χ1n) is 8.27. The van der Waals surface area contributed by atoms with Crippen LogP contribution >= 0.6 is 0 Å². The Kier molecular flexibility index (Phi) is 5.23. The van der Waals surface area contributed by atoms with Crippen LogP contribution in [0, 0.1) is 0 Å². The molecule has 0 aliphatic carbocycles. The van der Waals surface area contributed by atoms with E-state index < -0.39 is 16.0 Å². The summed E-state index contributed by atoms with van der Waals surface area (Å²) >= 11 is 0. The van der Waals surface area contributed by atoms with Gasteiger partial charge in [0, 0.05) is 18.4 Å². The molecule has 0 aliphatic heterocycles. The molecule has 0 heterocycles. The zero-order valence-corrected chi connectivity index (χ0v) is 14.9. The molecule has 0 amide bonds. The molecule has 0 spiro atoms. The third kappa shape index (κ3) is 3.70. The first kappa shape index (κ1) is 17.9. The van der Waals surface area contributed by atoms with Crippen molar-refractivity contribution < 1.29 is 18.3 Å². The van der Waals surface area contributed by atoms with Crippen molar-refractivity contribution in [1.82, 2.24) is 0 Å². The fraction of sp³-hybridized carbons (Fsp3) is 0.150. The molecule has 0 aliphatic rings. The van der Waals surface area contributed by atoms with E-state index in [-0.39, 0.29) is 24.3 Å². The maximum Gasteiger partial charge on any atom is 0.303 e. The minimum absolute atomic E-state index is 0.0917. The molecule has 5 nitrogen and oxygen atoms in total. The second kappa shape index (κ2) is 7.58. The molecule has 0 aromatic heterocycles. The molecular weight excluding hydrogens is 350 g/mol. The molecule has 0 atom stereocenters. The van der Waals surface area contributed by atoms with E-state index in [1.165, 1.54) is 4.31 Å². The number of nitrogens with zero attached hydrogens (tertiary/aromatic N) is 1. The van der Waals surface area contributed by atoms with E-state index in [0.717, 1.165) is 10.8 Å². The van der Waals surface area contributed by atoms with Crippen molar-refractivity contribution >= 4 is 32.5 Å². The molecule has 0 fully saturated rings. The highest BCUT2D eigenvalue weighted by Gasteiger charge is 2.26.